The Hall–Kier alpha value is -2.64. The molecule has 224 valence electrons. The van der Waals surface area contributed by atoms with Gasteiger partial charge in [0, 0.05) is 59.2 Å². The maximum atomic E-state index is 7.36. The van der Waals surface area contributed by atoms with E-state index < -0.39 is 0 Å². The molecule has 6 nitrogen and oxygen atoms in total. The van der Waals surface area contributed by atoms with Crippen molar-refractivity contribution in [1.29, 1.82) is 0 Å². The quantitative estimate of drug-likeness (QED) is 0.431. The first-order chi connectivity index (χ1) is 21.8. The Morgan fingerprint density at radius 1 is 0.614 bits per heavy atom. The van der Waals surface area contributed by atoms with E-state index in [0.717, 1.165) is 26.3 Å². The summed E-state index contributed by atoms with van der Waals surface area (Å²) in [6.45, 7) is 6.18. The summed E-state index contributed by atoms with van der Waals surface area (Å²) in [5.74, 6) is 1.96. The van der Waals surface area contributed by atoms with E-state index >= 15 is 0 Å². The lowest BCUT2D eigenvalue weighted by Crippen LogP contribution is -2.76. The number of hydrogen-bond acceptors (Lipinski definition) is 6. The molecule has 7 fully saturated rings. The summed E-state index contributed by atoms with van der Waals surface area (Å²) in [5.41, 5.74) is 9.81. The number of anilines is 2. The minimum Gasteiger partial charge on any atom is -0.354 e. The maximum Gasteiger partial charge on any atom is 0.136 e. The van der Waals surface area contributed by atoms with Crippen LogP contribution in [0.25, 0.3) is 0 Å². The molecule has 9 heterocycles. The monoisotopic (exact) mass is 584 g/mol. The minimum atomic E-state index is 0.0792. The fourth-order valence-corrected chi connectivity index (χ4v) is 14.5. The van der Waals surface area contributed by atoms with E-state index in [9.17, 15) is 0 Å². The molecule has 2 aromatic carbocycles. The first-order valence-corrected chi connectivity index (χ1v) is 17.6. The molecule has 5 saturated heterocycles. The van der Waals surface area contributed by atoms with Crippen LogP contribution >= 0.6 is 0 Å². The molecule has 2 aromatic rings. The number of nitrogens with zero attached hydrogens (tertiary/aromatic N) is 4. The van der Waals surface area contributed by atoms with Crippen LogP contribution in [-0.4, -0.2) is 85.8 Å². The molecule has 6 heteroatoms. The number of benzene rings is 2. The number of hydrogen-bond donors (Lipinski definition) is 0. The summed E-state index contributed by atoms with van der Waals surface area (Å²) in [7, 11) is 0. The normalized spacial score (nSPS) is 49.4. The predicted octanol–water partition coefficient (Wildman–Crippen LogP) is 4.27. The Balaban J connectivity index is 1.15. The number of fused-ring (bicyclic) bond motifs is 6. The Labute approximate surface area is 259 Å². The fraction of sp³-hybridized carbons (Fsp3) is 0.579. The van der Waals surface area contributed by atoms with Crippen molar-refractivity contribution in [3.63, 3.8) is 0 Å². The number of para-hydroxylation sites is 2. The SMILES string of the molecule is C1=C2CN3CC[C@@]45c6ccccc6N6C4[C@@H]([C@@H]2C[C@@H]35)[C@H](OC1)N1c2ccccc2[C@]23CCN4CC5=CCO[C@H]6[C@H]([C@@H]5C[C@H]42)[C@H]13. The van der Waals surface area contributed by atoms with E-state index in [4.69, 9.17) is 9.47 Å². The zero-order valence-corrected chi connectivity index (χ0v) is 25.2. The van der Waals surface area contributed by atoms with Gasteiger partial charge >= 0.3 is 0 Å². The van der Waals surface area contributed by atoms with Crippen molar-refractivity contribution in [2.45, 2.75) is 73.1 Å². The first-order valence-electron chi connectivity index (χ1n) is 17.6. The number of rotatable bonds is 0. The van der Waals surface area contributed by atoms with Gasteiger partial charge in [0.15, 0.2) is 0 Å². The molecule has 0 radical (unpaired) electrons. The van der Waals surface area contributed by atoms with Gasteiger partial charge in [0.2, 0.25) is 0 Å². The highest BCUT2D eigenvalue weighted by molar-refractivity contribution is 5.72. The van der Waals surface area contributed by atoms with Crippen LogP contribution in [0.2, 0.25) is 0 Å². The van der Waals surface area contributed by atoms with Gasteiger partial charge in [-0.1, -0.05) is 59.7 Å². The Kier molecular flexibility index (Phi) is 4.03. The molecular weight excluding hydrogens is 544 g/mol. The van der Waals surface area contributed by atoms with E-state index in [1.807, 2.05) is 0 Å². The highest BCUT2D eigenvalue weighted by Crippen LogP contribution is 2.71. The van der Waals surface area contributed by atoms with E-state index in [0.29, 0.717) is 47.8 Å². The van der Waals surface area contributed by atoms with Crippen molar-refractivity contribution < 1.29 is 9.47 Å². The summed E-state index contributed by atoms with van der Waals surface area (Å²) >= 11 is 0. The molecule has 44 heavy (non-hydrogen) atoms. The number of ether oxygens (including phenoxy) is 2. The largest absolute Gasteiger partial charge is 0.354 e. The molecule has 4 bridgehead atoms. The van der Waals surface area contributed by atoms with Crippen molar-refractivity contribution in [3.05, 3.63) is 83.0 Å². The zero-order chi connectivity index (χ0) is 28.1. The van der Waals surface area contributed by atoms with E-state index in [1.54, 1.807) is 22.3 Å². The molecule has 0 aromatic heterocycles. The lowest BCUT2D eigenvalue weighted by atomic mass is 9.52. The standard InChI is InChI=1S/C38H40N4O2/c1-3-7-27-25(5-1)37-11-13-39-19-21-10-16-44-36-31(23(21)17-29(37)39)33(37)41(27)35-32-24-18-30-38(12-14-40(30)20-22(24)9-15-43-35)26-6-2-4-8-28(26)42(36)34(32)38/h1-10,23-24,29-36H,11-20H2/t23-,24-,29-,30+,31-,32-,33?,34+,35+,36+,37+,38-/m1/s1. The first kappa shape index (κ1) is 23.7. The summed E-state index contributed by atoms with van der Waals surface area (Å²) in [4.78, 5) is 11.6. The van der Waals surface area contributed by atoms with Crippen molar-refractivity contribution in [1.82, 2.24) is 9.80 Å². The van der Waals surface area contributed by atoms with Crippen molar-refractivity contribution in [2.75, 3.05) is 49.2 Å². The van der Waals surface area contributed by atoms with Crippen LogP contribution < -0.4 is 9.80 Å². The lowest BCUT2D eigenvalue weighted by Gasteiger charge is -2.65. The average molecular weight is 585 g/mol. The molecular formula is C38H40N4O2. The van der Waals surface area contributed by atoms with Crippen molar-refractivity contribution >= 4 is 11.4 Å². The summed E-state index contributed by atoms with van der Waals surface area (Å²) < 4.78 is 14.7. The van der Waals surface area contributed by atoms with Crippen LogP contribution in [-0.2, 0) is 20.3 Å². The van der Waals surface area contributed by atoms with Gasteiger partial charge in [-0.25, -0.2) is 0 Å². The Morgan fingerprint density at radius 3 is 1.59 bits per heavy atom. The maximum absolute atomic E-state index is 7.36. The molecule has 11 aliphatic rings. The summed E-state index contributed by atoms with van der Waals surface area (Å²) in [5, 5.41) is 0. The molecule has 2 aliphatic carbocycles. The third-order valence-electron chi connectivity index (χ3n) is 15.5. The predicted molar refractivity (Wildman–Crippen MR) is 168 cm³/mol. The van der Waals surface area contributed by atoms with Crippen LogP contribution in [0.1, 0.15) is 36.8 Å². The van der Waals surface area contributed by atoms with Gasteiger partial charge in [-0.15, -0.1) is 0 Å². The molecule has 12 atom stereocenters. The van der Waals surface area contributed by atoms with Gasteiger partial charge in [-0.3, -0.25) is 9.80 Å². The van der Waals surface area contributed by atoms with Crippen LogP contribution in [0.15, 0.2) is 71.8 Å². The molecule has 0 N–H and O–H groups in total. The molecule has 1 unspecified atom stereocenters. The van der Waals surface area contributed by atoms with E-state index in [2.05, 4.69) is 80.3 Å². The second-order valence-electron chi connectivity index (χ2n) is 16.1. The Morgan fingerprint density at radius 2 is 1.09 bits per heavy atom. The summed E-state index contributed by atoms with van der Waals surface area (Å²) in [6, 6.07) is 21.3. The van der Waals surface area contributed by atoms with E-state index in [-0.39, 0.29) is 23.3 Å². The van der Waals surface area contributed by atoms with Gasteiger partial charge < -0.3 is 19.3 Å². The van der Waals surface area contributed by atoms with Gasteiger partial charge in [-0.2, -0.15) is 0 Å². The minimum absolute atomic E-state index is 0.0792. The average Bonchev–Trinajstić information content (AvgIpc) is 3.71. The van der Waals surface area contributed by atoms with Crippen molar-refractivity contribution in [3.8, 4) is 0 Å². The smallest absolute Gasteiger partial charge is 0.136 e. The molecule has 2 spiro atoms. The van der Waals surface area contributed by atoms with Gasteiger partial charge in [0.1, 0.15) is 12.5 Å². The van der Waals surface area contributed by atoms with Gasteiger partial charge in [0.05, 0.1) is 25.3 Å². The molecule has 9 aliphatic heterocycles. The van der Waals surface area contributed by atoms with Crippen LogP contribution in [0.5, 0.6) is 0 Å². The third kappa shape index (κ3) is 2.28. The molecule has 13 rings (SSSR count). The third-order valence-corrected chi connectivity index (χ3v) is 15.5. The summed E-state index contributed by atoms with van der Waals surface area (Å²) in [6.07, 6.45) is 10.3. The topological polar surface area (TPSA) is 31.4 Å². The van der Waals surface area contributed by atoms with Crippen molar-refractivity contribution in [2.24, 2.45) is 23.7 Å². The fourth-order valence-electron chi connectivity index (χ4n) is 14.5. The lowest BCUT2D eigenvalue weighted by molar-refractivity contribution is -0.105. The second kappa shape index (κ2) is 7.49. The second-order valence-corrected chi connectivity index (χ2v) is 16.1. The van der Waals surface area contributed by atoms with Crippen LogP contribution in [0.4, 0.5) is 11.4 Å². The zero-order valence-electron chi connectivity index (χ0n) is 25.2. The van der Waals surface area contributed by atoms with E-state index in [1.165, 1.54) is 50.1 Å². The van der Waals surface area contributed by atoms with Crippen LogP contribution in [0.3, 0.4) is 0 Å². The molecule has 2 saturated carbocycles. The molecule has 0 amide bonds. The van der Waals surface area contributed by atoms with Crippen LogP contribution in [0, 0.1) is 23.7 Å². The highest BCUT2D eigenvalue weighted by Gasteiger charge is 2.76. The van der Waals surface area contributed by atoms with Gasteiger partial charge in [0.25, 0.3) is 0 Å². The number of piperidine rings is 2. The highest BCUT2D eigenvalue weighted by atomic mass is 16.5. The Bertz CT molecular complexity index is 1610. The van der Waals surface area contributed by atoms with Gasteiger partial charge in [-0.05, 0) is 73.9 Å².